The van der Waals surface area contributed by atoms with Crippen molar-refractivity contribution in [2.24, 2.45) is 0 Å². The fourth-order valence-electron chi connectivity index (χ4n) is 2.24. The van der Waals surface area contributed by atoms with E-state index in [0.717, 1.165) is 35.7 Å². The maximum atomic E-state index is 13.2. The molecule has 0 saturated heterocycles. The topological polar surface area (TPSA) is 20.3 Å². The minimum absolute atomic E-state index is 0.163. The Labute approximate surface area is 112 Å². The highest BCUT2D eigenvalue weighted by Gasteiger charge is 2.23. The van der Waals surface area contributed by atoms with Gasteiger partial charge in [-0.15, -0.1) is 0 Å². The molecule has 0 radical (unpaired) electrons. The monoisotopic (exact) mass is 267 g/mol. The van der Waals surface area contributed by atoms with Crippen LogP contribution in [-0.4, -0.2) is 24.0 Å². The Balaban J connectivity index is 2.08. The molecule has 0 bridgehead atoms. The van der Waals surface area contributed by atoms with Crippen LogP contribution in [0.4, 0.5) is 10.1 Å². The number of carbonyl (C=O) groups excluding carboxylic acids is 1. The molecule has 1 aliphatic rings. The summed E-state index contributed by atoms with van der Waals surface area (Å²) < 4.78 is 13.2. The molecule has 0 aromatic heterocycles. The minimum atomic E-state index is -0.218. The lowest BCUT2D eigenvalue weighted by molar-refractivity contribution is -0.118. The average molecular weight is 267 g/mol. The van der Waals surface area contributed by atoms with Crippen LogP contribution in [0.5, 0.6) is 0 Å². The van der Waals surface area contributed by atoms with Crippen LogP contribution < -0.4 is 4.90 Å². The number of fused-ring (bicyclic) bond motifs is 1. The van der Waals surface area contributed by atoms with Crippen molar-refractivity contribution in [3.63, 3.8) is 0 Å². The summed E-state index contributed by atoms with van der Waals surface area (Å²) in [5.74, 6) is 2.12. The lowest BCUT2D eigenvalue weighted by atomic mass is 10.0. The van der Waals surface area contributed by atoms with Crippen molar-refractivity contribution < 1.29 is 9.18 Å². The number of aryl methyl sites for hydroxylation is 1. The molecule has 0 spiro atoms. The van der Waals surface area contributed by atoms with Crippen LogP contribution in [-0.2, 0) is 11.2 Å². The molecule has 0 atom stereocenters. The summed E-state index contributed by atoms with van der Waals surface area (Å²) in [6.45, 7) is 2.87. The summed E-state index contributed by atoms with van der Waals surface area (Å²) in [6.07, 6.45) is 2.14. The first kappa shape index (κ1) is 13.4. The molecule has 0 saturated carbocycles. The maximum Gasteiger partial charge on any atom is 0.227 e. The van der Waals surface area contributed by atoms with Gasteiger partial charge in [-0.1, -0.05) is 6.92 Å². The first-order valence-corrected chi connectivity index (χ1v) is 7.54. The summed E-state index contributed by atoms with van der Waals surface area (Å²) in [7, 11) is 0. The van der Waals surface area contributed by atoms with Gasteiger partial charge in [0, 0.05) is 18.7 Å². The lowest BCUT2D eigenvalue weighted by Gasteiger charge is -2.29. The van der Waals surface area contributed by atoms with Crippen molar-refractivity contribution in [2.75, 3.05) is 23.0 Å². The summed E-state index contributed by atoms with van der Waals surface area (Å²) >= 11 is 1.88. The van der Waals surface area contributed by atoms with Crippen LogP contribution in [0.25, 0.3) is 0 Å². The average Bonchev–Trinajstić information content (AvgIpc) is 2.37. The third-order valence-electron chi connectivity index (χ3n) is 3.12. The Hall–Kier alpha value is -1.03. The Bertz CT molecular complexity index is 436. The van der Waals surface area contributed by atoms with E-state index in [1.165, 1.54) is 6.07 Å². The van der Waals surface area contributed by atoms with Crippen molar-refractivity contribution in [1.82, 2.24) is 0 Å². The minimum Gasteiger partial charge on any atom is -0.312 e. The van der Waals surface area contributed by atoms with E-state index < -0.39 is 0 Å². The van der Waals surface area contributed by atoms with E-state index in [1.54, 1.807) is 12.1 Å². The molecular weight excluding hydrogens is 249 g/mol. The van der Waals surface area contributed by atoms with Gasteiger partial charge in [-0.05, 0) is 48.1 Å². The summed E-state index contributed by atoms with van der Waals surface area (Å²) in [4.78, 5) is 13.7. The number of anilines is 1. The third-order valence-corrected chi connectivity index (χ3v) is 4.10. The SMILES string of the molecule is CCSCCCN1C(=O)CCc2cc(F)ccc21. The molecule has 0 aliphatic carbocycles. The molecule has 0 N–H and O–H groups in total. The Morgan fingerprint density at radius 3 is 3.00 bits per heavy atom. The first-order chi connectivity index (χ1) is 8.72. The van der Waals surface area contributed by atoms with E-state index in [4.69, 9.17) is 0 Å². The highest BCUT2D eigenvalue weighted by atomic mass is 32.2. The smallest absolute Gasteiger partial charge is 0.227 e. The quantitative estimate of drug-likeness (QED) is 0.763. The van der Waals surface area contributed by atoms with E-state index in [0.29, 0.717) is 12.8 Å². The van der Waals surface area contributed by atoms with Crippen molar-refractivity contribution in [3.05, 3.63) is 29.6 Å². The van der Waals surface area contributed by atoms with E-state index in [-0.39, 0.29) is 11.7 Å². The van der Waals surface area contributed by atoms with Crippen LogP contribution >= 0.6 is 11.8 Å². The molecule has 18 heavy (non-hydrogen) atoms. The Kier molecular flexibility index (Phi) is 4.64. The third kappa shape index (κ3) is 3.05. The summed E-state index contributed by atoms with van der Waals surface area (Å²) in [5.41, 5.74) is 1.85. The number of amides is 1. The molecule has 0 unspecified atom stereocenters. The van der Waals surface area contributed by atoms with Crippen LogP contribution in [0.3, 0.4) is 0 Å². The van der Waals surface area contributed by atoms with Crippen LogP contribution in [0.15, 0.2) is 18.2 Å². The largest absolute Gasteiger partial charge is 0.312 e. The molecule has 0 fully saturated rings. The van der Waals surface area contributed by atoms with Crippen molar-refractivity contribution >= 4 is 23.4 Å². The van der Waals surface area contributed by atoms with Gasteiger partial charge in [0.05, 0.1) is 0 Å². The van der Waals surface area contributed by atoms with Crippen LogP contribution in [0.2, 0.25) is 0 Å². The number of carbonyl (C=O) groups is 1. The number of benzene rings is 1. The molecule has 2 nitrogen and oxygen atoms in total. The molecule has 1 aliphatic heterocycles. The number of rotatable bonds is 5. The zero-order valence-electron chi connectivity index (χ0n) is 10.6. The highest BCUT2D eigenvalue weighted by molar-refractivity contribution is 7.99. The van der Waals surface area contributed by atoms with E-state index in [2.05, 4.69) is 6.92 Å². The molecule has 1 amide bonds. The zero-order chi connectivity index (χ0) is 13.0. The number of thioether (sulfide) groups is 1. The second kappa shape index (κ2) is 6.23. The Morgan fingerprint density at radius 1 is 1.39 bits per heavy atom. The predicted octanol–water partition coefficient (Wildman–Crippen LogP) is 3.25. The second-order valence-corrected chi connectivity index (χ2v) is 5.76. The van der Waals surface area contributed by atoms with E-state index >= 15 is 0 Å². The number of hydrogen-bond donors (Lipinski definition) is 0. The zero-order valence-corrected chi connectivity index (χ0v) is 11.4. The number of nitrogens with zero attached hydrogens (tertiary/aromatic N) is 1. The standard InChI is InChI=1S/C14H18FNOS/c1-2-18-9-3-8-16-13-6-5-12(15)10-11(13)4-7-14(16)17/h5-6,10H,2-4,7-9H2,1H3. The van der Waals surface area contributed by atoms with E-state index in [1.807, 2.05) is 16.7 Å². The Morgan fingerprint density at radius 2 is 2.22 bits per heavy atom. The molecule has 1 aromatic rings. The van der Waals surface area contributed by atoms with Gasteiger partial charge in [0.15, 0.2) is 0 Å². The number of halogens is 1. The first-order valence-electron chi connectivity index (χ1n) is 6.39. The van der Waals surface area contributed by atoms with Gasteiger partial charge >= 0.3 is 0 Å². The van der Waals surface area contributed by atoms with Crippen LogP contribution in [0.1, 0.15) is 25.3 Å². The fourth-order valence-corrected chi connectivity index (χ4v) is 2.86. The van der Waals surface area contributed by atoms with Crippen molar-refractivity contribution in [2.45, 2.75) is 26.2 Å². The second-order valence-electron chi connectivity index (χ2n) is 4.37. The lowest BCUT2D eigenvalue weighted by Crippen LogP contribution is -2.36. The molecule has 1 heterocycles. The molecule has 2 rings (SSSR count). The maximum absolute atomic E-state index is 13.2. The molecule has 4 heteroatoms. The van der Waals surface area contributed by atoms with Crippen molar-refractivity contribution in [1.29, 1.82) is 0 Å². The highest BCUT2D eigenvalue weighted by Crippen LogP contribution is 2.28. The molecular formula is C14H18FNOS. The fraction of sp³-hybridized carbons (Fsp3) is 0.500. The van der Waals surface area contributed by atoms with Gasteiger partial charge in [0.2, 0.25) is 5.91 Å². The predicted molar refractivity (Wildman–Crippen MR) is 74.7 cm³/mol. The van der Waals surface area contributed by atoms with Gasteiger partial charge in [-0.3, -0.25) is 4.79 Å². The van der Waals surface area contributed by atoms with Gasteiger partial charge < -0.3 is 4.90 Å². The summed E-state index contributed by atoms with van der Waals surface area (Å²) in [5, 5.41) is 0. The summed E-state index contributed by atoms with van der Waals surface area (Å²) in [6, 6.07) is 4.72. The molecule has 98 valence electrons. The van der Waals surface area contributed by atoms with E-state index in [9.17, 15) is 9.18 Å². The van der Waals surface area contributed by atoms with Gasteiger partial charge in [-0.25, -0.2) is 4.39 Å². The van der Waals surface area contributed by atoms with Crippen molar-refractivity contribution in [3.8, 4) is 0 Å². The van der Waals surface area contributed by atoms with Gasteiger partial charge in [0.1, 0.15) is 5.82 Å². The van der Waals surface area contributed by atoms with Gasteiger partial charge in [0.25, 0.3) is 0 Å². The normalized spacial score (nSPS) is 14.8. The molecule has 1 aromatic carbocycles. The number of hydrogen-bond acceptors (Lipinski definition) is 2. The van der Waals surface area contributed by atoms with Crippen LogP contribution in [0, 0.1) is 5.82 Å². The van der Waals surface area contributed by atoms with Gasteiger partial charge in [-0.2, -0.15) is 11.8 Å².